The summed E-state index contributed by atoms with van der Waals surface area (Å²) in [5.74, 6) is 0.0390. The second-order valence-electron chi connectivity index (χ2n) is 4.50. The van der Waals surface area contributed by atoms with Gasteiger partial charge in [-0.15, -0.1) is 0 Å². The van der Waals surface area contributed by atoms with E-state index in [2.05, 4.69) is 5.10 Å². The van der Waals surface area contributed by atoms with Crippen LogP contribution in [0.5, 0.6) is 0 Å². The fourth-order valence-corrected chi connectivity index (χ4v) is 2.19. The van der Waals surface area contributed by atoms with Crippen molar-refractivity contribution in [3.63, 3.8) is 0 Å². The molecule has 3 rings (SSSR count). The molecule has 2 aromatic rings. The van der Waals surface area contributed by atoms with Gasteiger partial charge in [0.25, 0.3) is 5.91 Å². The zero-order valence-corrected chi connectivity index (χ0v) is 10.3. The molecule has 0 aromatic carbocycles. The van der Waals surface area contributed by atoms with Crippen LogP contribution in [-0.2, 0) is 4.74 Å². The van der Waals surface area contributed by atoms with E-state index in [1.165, 1.54) is 0 Å². The summed E-state index contributed by atoms with van der Waals surface area (Å²) >= 11 is 0. The highest BCUT2D eigenvalue weighted by atomic mass is 16.5. The van der Waals surface area contributed by atoms with Crippen LogP contribution in [0.2, 0.25) is 0 Å². The minimum absolute atomic E-state index is 0.0390. The van der Waals surface area contributed by atoms with Crippen molar-refractivity contribution in [1.29, 1.82) is 0 Å². The van der Waals surface area contributed by atoms with E-state index in [0.717, 1.165) is 11.1 Å². The lowest BCUT2D eigenvalue weighted by molar-refractivity contribution is 0.0304. The van der Waals surface area contributed by atoms with Gasteiger partial charge in [0.15, 0.2) is 0 Å². The minimum atomic E-state index is 0.0390. The van der Waals surface area contributed by atoms with Gasteiger partial charge in [0.1, 0.15) is 0 Å². The van der Waals surface area contributed by atoms with Crippen LogP contribution < -0.4 is 0 Å². The van der Waals surface area contributed by atoms with Crippen LogP contribution in [0.4, 0.5) is 0 Å². The van der Waals surface area contributed by atoms with E-state index in [9.17, 15) is 4.79 Å². The Morgan fingerprint density at radius 3 is 2.89 bits per heavy atom. The van der Waals surface area contributed by atoms with E-state index in [-0.39, 0.29) is 5.91 Å². The third-order valence-corrected chi connectivity index (χ3v) is 3.19. The number of amides is 1. The molecule has 5 heteroatoms. The molecule has 1 fully saturated rings. The smallest absolute Gasteiger partial charge is 0.257 e. The number of hydrogen-bond donors (Lipinski definition) is 0. The maximum Gasteiger partial charge on any atom is 0.257 e. The largest absolute Gasteiger partial charge is 0.378 e. The number of carbonyl (C=O) groups excluding carboxylic acids is 1. The molecular formula is C13H15N3O2. The monoisotopic (exact) mass is 245 g/mol. The fourth-order valence-electron chi connectivity index (χ4n) is 2.19. The van der Waals surface area contributed by atoms with E-state index < -0.39 is 0 Å². The first kappa shape index (κ1) is 11.2. The van der Waals surface area contributed by atoms with Crippen molar-refractivity contribution in [2.24, 2.45) is 0 Å². The van der Waals surface area contributed by atoms with Crippen molar-refractivity contribution in [2.45, 2.75) is 6.92 Å². The molecule has 0 bridgehead atoms. The van der Waals surface area contributed by atoms with E-state index in [0.29, 0.717) is 31.9 Å². The maximum absolute atomic E-state index is 12.4. The van der Waals surface area contributed by atoms with Gasteiger partial charge in [-0.25, -0.2) is 4.52 Å². The number of ether oxygens (including phenoxy) is 1. The van der Waals surface area contributed by atoms with E-state index in [4.69, 9.17) is 4.74 Å². The van der Waals surface area contributed by atoms with E-state index in [1.807, 2.05) is 30.2 Å². The average Bonchev–Trinajstić information content (AvgIpc) is 2.81. The molecule has 1 aliphatic rings. The van der Waals surface area contributed by atoms with E-state index >= 15 is 0 Å². The third kappa shape index (κ3) is 1.86. The van der Waals surface area contributed by atoms with Gasteiger partial charge < -0.3 is 9.64 Å². The van der Waals surface area contributed by atoms with Crippen LogP contribution in [0.3, 0.4) is 0 Å². The van der Waals surface area contributed by atoms with Crippen molar-refractivity contribution in [1.82, 2.24) is 14.5 Å². The number of fused-ring (bicyclic) bond motifs is 1. The van der Waals surface area contributed by atoms with Gasteiger partial charge in [-0.1, -0.05) is 6.07 Å². The Kier molecular flexibility index (Phi) is 2.76. The SMILES string of the molecule is Cc1ccc2c(C(=O)N3CCOCC3)cnn2c1. The average molecular weight is 245 g/mol. The van der Waals surface area contributed by atoms with Gasteiger partial charge in [-0.05, 0) is 18.6 Å². The summed E-state index contributed by atoms with van der Waals surface area (Å²) in [7, 11) is 0. The zero-order chi connectivity index (χ0) is 12.5. The lowest BCUT2D eigenvalue weighted by atomic mass is 10.2. The fraction of sp³-hybridized carbons (Fsp3) is 0.385. The Bertz CT molecular complexity index is 585. The molecule has 0 atom stereocenters. The van der Waals surface area contributed by atoms with Crippen LogP contribution in [0.1, 0.15) is 15.9 Å². The Labute approximate surface area is 105 Å². The van der Waals surface area contributed by atoms with Crippen LogP contribution in [0.15, 0.2) is 24.5 Å². The molecule has 3 heterocycles. The predicted octanol–water partition coefficient (Wildman–Crippen LogP) is 1.12. The molecule has 94 valence electrons. The lowest BCUT2D eigenvalue weighted by Crippen LogP contribution is -2.40. The Hall–Kier alpha value is -1.88. The quantitative estimate of drug-likeness (QED) is 0.756. The zero-order valence-electron chi connectivity index (χ0n) is 10.3. The van der Waals surface area contributed by atoms with Crippen molar-refractivity contribution in [3.8, 4) is 0 Å². The number of aromatic nitrogens is 2. The summed E-state index contributed by atoms with van der Waals surface area (Å²) in [6.07, 6.45) is 3.57. The molecule has 0 unspecified atom stereocenters. The first-order chi connectivity index (χ1) is 8.75. The Morgan fingerprint density at radius 1 is 1.33 bits per heavy atom. The summed E-state index contributed by atoms with van der Waals surface area (Å²) < 4.78 is 7.01. The van der Waals surface area contributed by atoms with Crippen molar-refractivity contribution in [2.75, 3.05) is 26.3 Å². The molecule has 0 spiro atoms. The van der Waals surface area contributed by atoms with Crippen LogP contribution in [-0.4, -0.2) is 46.7 Å². The highest BCUT2D eigenvalue weighted by molar-refractivity contribution is 6.00. The molecule has 5 nitrogen and oxygen atoms in total. The molecule has 18 heavy (non-hydrogen) atoms. The van der Waals surface area contributed by atoms with Gasteiger partial charge in [0.2, 0.25) is 0 Å². The summed E-state index contributed by atoms with van der Waals surface area (Å²) in [6, 6.07) is 3.93. The van der Waals surface area contributed by atoms with Gasteiger partial charge in [-0.3, -0.25) is 4.79 Å². The summed E-state index contributed by atoms with van der Waals surface area (Å²) in [5.41, 5.74) is 2.64. The Balaban J connectivity index is 1.96. The Morgan fingerprint density at radius 2 is 2.11 bits per heavy atom. The molecule has 1 aliphatic heterocycles. The molecule has 0 N–H and O–H groups in total. The third-order valence-electron chi connectivity index (χ3n) is 3.19. The molecule has 0 saturated carbocycles. The van der Waals surface area contributed by atoms with Crippen molar-refractivity contribution < 1.29 is 9.53 Å². The van der Waals surface area contributed by atoms with E-state index in [1.54, 1.807) is 10.7 Å². The standard InChI is InChI=1S/C13H15N3O2/c1-10-2-3-12-11(8-14-16(12)9-10)13(17)15-4-6-18-7-5-15/h2-3,8-9H,4-7H2,1H3. The molecule has 1 amide bonds. The second kappa shape index (κ2) is 4.42. The number of hydrogen-bond acceptors (Lipinski definition) is 3. The highest BCUT2D eigenvalue weighted by Crippen LogP contribution is 2.15. The molecule has 0 radical (unpaired) electrons. The summed E-state index contributed by atoms with van der Waals surface area (Å²) in [6.45, 7) is 4.54. The summed E-state index contributed by atoms with van der Waals surface area (Å²) in [4.78, 5) is 14.2. The highest BCUT2D eigenvalue weighted by Gasteiger charge is 2.21. The molecular weight excluding hydrogens is 230 g/mol. The number of rotatable bonds is 1. The molecule has 1 saturated heterocycles. The van der Waals surface area contributed by atoms with Gasteiger partial charge >= 0.3 is 0 Å². The van der Waals surface area contributed by atoms with Gasteiger partial charge in [-0.2, -0.15) is 5.10 Å². The molecule has 2 aromatic heterocycles. The van der Waals surface area contributed by atoms with Crippen molar-refractivity contribution in [3.05, 3.63) is 35.7 Å². The predicted molar refractivity (Wildman–Crippen MR) is 66.7 cm³/mol. The number of aryl methyl sites for hydroxylation is 1. The van der Waals surface area contributed by atoms with Crippen molar-refractivity contribution >= 4 is 11.4 Å². The number of morpholine rings is 1. The molecule has 0 aliphatic carbocycles. The van der Waals surface area contributed by atoms with Gasteiger partial charge in [0.05, 0.1) is 30.5 Å². The topological polar surface area (TPSA) is 46.8 Å². The maximum atomic E-state index is 12.4. The van der Waals surface area contributed by atoms with Crippen LogP contribution >= 0.6 is 0 Å². The second-order valence-corrected chi connectivity index (χ2v) is 4.50. The lowest BCUT2D eigenvalue weighted by Gasteiger charge is -2.26. The normalized spacial score (nSPS) is 16.2. The van der Waals surface area contributed by atoms with Gasteiger partial charge in [0, 0.05) is 19.3 Å². The number of carbonyl (C=O) groups is 1. The van der Waals surface area contributed by atoms with Crippen LogP contribution in [0, 0.1) is 6.92 Å². The number of pyridine rings is 1. The first-order valence-corrected chi connectivity index (χ1v) is 6.07. The summed E-state index contributed by atoms with van der Waals surface area (Å²) in [5, 5.41) is 4.23. The minimum Gasteiger partial charge on any atom is -0.378 e. The number of nitrogens with zero attached hydrogens (tertiary/aromatic N) is 3. The first-order valence-electron chi connectivity index (χ1n) is 6.07. The van der Waals surface area contributed by atoms with Crippen LogP contribution in [0.25, 0.3) is 5.52 Å².